The van der Waals surface area contributed by atoms with E-state index in [2.05, 4.69) is 19.0 Å². The molecular formula is C23H43NOSi. The molecule has 6 atom stereocenters. The van der Waals surface area contributed by atoms with Crippen molar-refractivity contribution in [3.05, 3.63) is 0 Å². The van der Waals surface area contributed by atoms with E-state index in [1.165, 1.54) is 89.9 Å². The zero-order valence-electron chi connectivity index (χ0n) is 17.5. The van der Waals surface area contributed by atoms with Crippen LogP contribution in [0.4, 0.5) is 0 Å². The van der Waals surface area contributed by atoms with Gasteiger partial charge in [-0.25, -0.2) is 0 Å². The summed E-state index contributed by atoms with van der Waals surface area (Å²) in [6.07, 6.45) is 20.8. The zero-order chi connectivity index (χ0) is 18.0. The van der Waals surface area contributed by atoms with Gasteiger partial charge in [0, 0.05) is 7.11 Å². The molecule has 4 aliphatic carbocycles. The number of hydrogen-bond acceptors (Lipinski definition) is 2. The molecule has 0 saturated heterocycles. The third kappa shape index (κ3) is 3.46. The second-order valence-electron chi connectivity index (χ2n) is 10.0. The maximum Gasteiger partial charge on any atom is 0.275 e. The van der Waals surface area contributed by atoms with E-state index in [0.717, 1.165) is 41.3 Å². The summed E-state index contributed by atoms with van der Waals surface area (Å²) in [7, 11) is 0.171. The Bertz CT molecular complexity index is 417. The maximum atomic E-state index is 6.78. The zero-order valence-corrected chi connectivity index (χ0v) is 18.5. The lowest BCUT2D eigenvalue weighted by Gasteiger charge is -2.55. The van der Waals surface area contributed by atoms with E-state index in [9.17, 15) is 0 Å². The number of fused-ring (bicyclic) bond motifs is 2. The fourth-order valence-corrected chi connectivity index (χ4v) is 13.9. The average molecular weight is 378 g/mol. The molecule has 4 aliphatic rings. The van der Waals surface area contributed by atoms with Crippen molar-refractivity contribution in [2.75, 3.05) is 13.7 Å². The molecule has 4 saturated carbocycles. The molecule has 26 heavy (non-hydrogen) atoms. The molecular weight excluding hydrogens is 334 g/mol. The fourth-order valence-electron chi connectivity index (χ4n) is 8.13. The van der Waals surface area contributed by atoms with Crippen molar-refractivity contribution in [2.45, 2.75) is 108 Å². The van der Waals surface area contributed by atoms with Crippen molar-refractivity contribution in [1.82, 2.24) is 4.98 Å². The van der Waals surface area contributed by atoms with E-state index >= 15 is 0 Å². The lowest BCUT2D eigenvalue weighted by atomic mass is 9.70. The molecule has 0 amide bonds. The lowest BCUT2D eigenvalue weighted by Crippen LogP contribution is -2.65. The molecule has 0 heterocycles. The predicted octanol–water partition coefficient (Wildman–Crippen LogP) is 6.41. The van der Waals surface area contributed by atoms with Gasteiger partial charge >= 0.3 is 0 Å². The monoisotopic (exact) mass is 377 g/mol. The van der Waals surface area contributed by atoms with Gasteiger partial charge in [0.25, 0.3) is 8.48 Å². The molecule has 150 valence electrons. The Balaban J connectivity index is 1.65. The highest BCUT2D eigenvalue weighted by Gasteiger charge is 2.57. The molecule has 0 bridgehead atoms. The molecule has 2 nitrogen and oxygen atoms in total. The van der Waals surface area contributed by atoms with Crippen molar-refractivity contribution in [3.63, 3.8) is 0 Å². The minimum atomic E-state index is -1.93. The van der Waals surface area contributed by atoms with E-state index in [1.807, 2.05) is 0 Å². The van der Waals surface area contributed by atoms with Gasteiger partial charge in [-0.1, -0.05) is 84.0 Å². The average Bonchev–Trinajstić information content (AvgIpc) is 2.71. The van der Waals surface area contributed by atoms with Crippen LogP contribution in [0, 0.1) is 23.7 Å². The Morgan fingerprint density at radius 1 is 0.692 bits per heavy atom. The standard InChI is InChI=1S/C23H43NOSi/c1-3-24-26(25-2,22-16-8-12-18-10-4-6-14-20(18)22)23-17-9-13-19-11-5-7-15-21(19)23/h18-24H,3-17H2,1-2H3. The summed E-state index contributed by atoms with van der Waals surface area (Å²) >= 11 is 0. The van der Waals surface area contributed by atoms with Crippen molar-refractivity contribution >= 4 is 8.48 Å². The summed E-state index contributed by atoms with van der Waals surface area (Å²) in [4.78, 5) is 4.17. The first-order valence-corrected chi connectivity index (χ1v) is 14.2. The van der Waals surface area contributed by atoms with Gasteiger partial charge in [-0.3, -0.25) is 0 Å². The second-order valence-corrected chi connectivity index (χ2v) is 13.9. The van der Waals surface area contributed by atoms with Crippen LogP contribution in [0.5, 0.6) is 0 Å². The largest absolute Gasteiger partial charge is 0.406 e. The maximum absolute atomic E-state index is 6.78. The minimum absolute atomic E-state index is 0.886. The Kier molecular flexibility index (Phi) is 6.47. The first kappa shape index (κ1) is 19.5. The van der Waals surface area contributed by atoms with Crippen LogP contribution < -0.4 is 4.98 Å². The van der Waals surface area contributed by atoms with Gasteiger partial charge in [0.05, 0.1) is 0 Å². The minimum Gasteiger partial charge on any atom is -0.406 e. The Hall–Kier alpha value is 0.137. The van der Waals surface area contributed by atoms with Gasteiger partial charge in [0.15, 0.2) is 0 Å². The van der Waals surface area contributed by atoms with Gasteiger partial charge in [0.2, 0.25) is 0 Å². The molecule has 0 aromatic carbocycles. The Labute approximate surface area is 163 Å². The highest BCUT2D eigenvalue weighted by atomic mass is 28.4. The van der Waals surface area contributed by atoms with Crippen molar-refractivity contribution in [2.24, 2.45) is 23.7 Å². The van der Waals surface area contributed by atoms with Crippen molar-refractivity contribution in [3.8, 4) is 0 Å². The summed E-state index contributed by atoms with van der Waals surface area (Å²) in [5.41, 5.74) is 1.77. The Morgan fingerprint density at radius 3 is 1.62 bits per heavy atom. The van der Waals surface area contributed by atoms with Gasteiger partial charge in [-0.05, 0) is 54.1 Å². The number of nitrogens with one attached hydrogen (secondary N) is 1. The van der Waals surface area contributed by atoms with Gasteiger partial charge < -0.3 is 9.41 Å². The molecule has 3 heteroatoms. The highest BCUT2D eigenvalue weighted by Crippen LogP contribution is 2.58. The SMILES string of the molecule is CCN[Si](OC)(C1CCCC2CCCCC21)C1CCCC2CCCCC21. The molecule has 0 aromatic rings. The third-order valence-corrected chi connectivity index (χ3v) is 14.3. The van der Waals surface area contributed by atoms with Gasteiger partial charge in [-0.2, -0.15) is 0 Å². The normalized spacial score (nSPS) is 43.2. The summed E-state index contributed by atoms with van der Waals surface area (Å²) in [5, 5.41) is 0. The van der Waals surface area contributed by atoms with Gasteiger partial charge in [0.1, 0.15) is 0 Å². The number of rotatable bonds is 5. The predicted molar refractivity (Wildman–Crippen MR) is 113 cm³/mol. The smallest absolute Gasteiger partial charge is 0.275 e. The Morgan fingerprint density at radius 2 is 1.15 bits per heavy atom. The van der Waals surface area contributed by atoms with Crippen LogP contribution in [0.1, 0.15) is 96.8 Å². The van der Waals surface area contributed by atoms with E-state index < -0.39 is 8.48 Å². The second kappa shape index (κ2) is 8.65. The first-order valence-electron chi connectivity index (χ1n) is 12.1. The lowest BCUT2D eigenvalue weighted by molar-refractivity contribution is 0.124. The van der Waals surface area contributed by atoms with E-state index in [0.29, 0.717) is 0 Å². The van der Waals surface area contributed by atoms with Crippen LogP contribution >= 0.6 is 0 Å². The van der Waals surface area contributed by atoms with E-state index in [-0.39, 0.29) is 0 Å². The highest BCUT2D eigenvalue weighted by molar-refractivity contribution is 6.74. The van der Waals surface area contributed by atoms with Gasteiger partial charge in [-0.15, -0.1) is 0 Å². The topological polar surface area (TPSA) is 21.3 Å². The first-order chi connectivity index (χ1) is 12.8. The summed E-state index contributed by atoms with van der Waals surface area (Å²) in [6, 6.07) is 0. The quantitative estimate of drug-likeness (QED) is 0.559. The molecule has 0 aromatic heterocycles. The van der Waals surface area contributed by atoms with Crippen LogP contribution in [-0.2, 0) is 4.43 Å². The summed E-state index contributed by atoms with van der Waals surface area (Å²) in [5.74, 6) is 4.00. The summed E-state index contributed by atoms with van der Waals surface area (Å²) in [6.45, 7) is 3.45. The van der Waals surface area contributed by atoms with Crippen LogP contribution in [0.15, 0.2) is 0 Å². The van der Waals surface area contributed by atoms with Crippen LogP contribution in [0.2, 0.25) is 11.1 Å². The van der Waals surface area contributed by atoms with E-state index in [1.54, 1.807) is 0 Å². The van der Waals surface area contributed by atoms with Crippen LogP contribution in [0.3, 0.4) is 0 Å². The molecule has 0 aliphatic heterocycles. The fraction of sp³-hybridized carbons (Fsp3) is 1.00. The molecule has 0 spiro atoms. The van der Waals surface area contributed by atoms with Crippen LogP contribution in [0.25, 0.3) is 0 Å². The molecule has 1 N–H and O–H groups in total. The molecule has 0 radical (unpaired) electrons. The molecule has 4 fully saturated rings. The number of hydrogen-bond donors (Lipinski definition) is 1. The van der Waals surface area contributed by atoms with Crippen molar-refractivity contribution in [1.29, 1.82) is 0 Å². The molecule has 4 rings (SSSR count). The molecule has 6 unspecified atom stereocenters. The summed E-state index contributed by atoms with van der Waals surface area (Å²) < 4.78 is 6.78. The van der Waals surface area contributed by atoms with Crippen LogP contribution in [-0.4, -0.2) is 22.1 Å². The van der Waals surface area contributed by atoms with E-state index in [4.69, 9.17) is 4.43 Å². The van der Waals surface area contributed by atoms with Crippen molar-refractivity contribution < 1.29 is 4.43 Å². The third-order valence-electron chi connectivity index (χ3n) is 9.04.